The zero-order chi connectivity index (χ0) is 20.0. The molecule has 5 heterocycles. The molecule has 2 fully saturated rings. The van der Waals surface area contributed by atoms with Gasteiger partial charge in [-0.2, -0.15) is 0 Å². The zero-order valence-corrected chi connectivity index (χ0v) is 17.6. The van der Waals surface area contributed by atoms with Crippen molar-refractivity contribution in [1.29, 1.82) is 0 Å². The van der Waals surface area contributed by atoms with Gasteiger partial charge in [-0.3, -0.25) is 9.69 Å². The second kappa shape index (κ2) is 7.07. The van der Waals surface area contributed by atoms with Gasteiger partial charge in [0, 0.05) is 55.7 Å². The van der Waals surface area contributed by atoms with Crippen LogP contribution in [0.3, 0.4) is 0 Å². The van der Waals surface area contributed by atoms with Crippen LogP contribution in [0.5, 0.6) is 0 Å². The number of thiazole rings is 1. The van der Waals surface area contributed by atoms with Crippen molar-refractivity contribution in [2.75, 3.05) is 36.4 Å². The fourth-order valence-electron chi connectivity index (χ4n) is 4.69. The summed E-state index contributed by atoms with van der Waals surface area (Å²) in [6, 6.07) is 2.19. The van der Waals surface area contributed by atoms with E-state index in [1.165, 1.54) is 30.3 Å². The predicted octanol–water partition coefficient (Wildman–Crippen LogP) is 1.97. The van der Waals surface area contributed by atoms with E-state index < -0.39 is 0 Å². The summed E-state index contributed by atoms with van der Waals surface area (Å²) in [4.78, 5) is 29.7. The van der Waals surface area contributed by atoms with Crippen LogP contribution in [0, 0.1) is 12.3 Å². The van der Waals surface area contributed by atoms with E-state index in [0.29, 0.717) is 10.5 Å². The number of hydrogen-bond acceptors (Lipinski definition) is 6. The van der Waals surface area contributed by atoms with Crippen LogP contribution in [0.2, 0.25) is 0 Å². The molecule has 2 aliphatic heterocycles. The van der Waals surface area contributed by atoms with Gasteiger partial charge < -0.3 is 10.2 Å². The quantitative estimate of drug-likeness (QED) is 0.641. The molecule has 8 nitrogen and oxygen atoms in total. The summed E-state index contributed by atoms with van der Waals surface area (Å²) in [7, 11) is 0. The van der Waals surface area contributed by atoms with Gasteiger partial charge in [-0.05, 0) is 26.3 Å². The second-order valence-corrected chi connectivity index (χ2v) is 9.47. The van der Waals surface area contributed by atoms with Gasteiger partial charge in [0.05, 0.1) is 11.9 Å². The number of H-pyrrole nitrogens is 1. The second-order valence-electron chi connectivity index (χ2n) is 8.35. The van der Waals surface area contributed by atoms with Crippen molar-refractivity contribution in [3.8, 4) is 0 Å². The predicted molar refractivity (Wildman–Crippen MR) is 112 cm³/mol. The summed E-state index contributed by atoms with van der Waals surface area (Å²) >= 11 is 1.57. The number of hydrogen-bond donors (Lipinski definition) is 2. The third-order valence-electron chi connectivity index (χ3n) is 6.10. The molecule has 3 aromatic rings. The lowest BCUT2D eigenvalue weighted by Crippen LogP contribution is -2.32. The lowest BCUT2D eigenvalue weighted by molar-refractivity contribution is -0.520. The molecular weight excluding hydrogens is 386 g/mol. The summed E-state index contributed by atoms with van der Waals surface area (Å²) in [6.07, 6.45) is 8.26. The van der Waals surface area contributed by atoms with Crippen LogP contribution in [0.15, 0.2) is 24.7 Å². The van der Waals surface area contributed by atoms with E-state index in [9.17, 15) is 4.79 Å². The Labute approximate surface area is 173 Å². The van der Waals surface area contributed by atoms with Gasteiger partial charge in [-0.25, -0.2) is 14.4 Å². The number of imidazole rings is 1. The molecule has 0 aromatic carbocycles. The fourth-order valence-corrected chi connectivity index (χ4v) is 5.59. The molecular formula is C20H26N7OS+. The minimum atomic E-state index is -0.0724. The van der Waals surface area contributed by atoms with E-state index in [0.717, 1.165) is 44.3 Å². The van der Waals surface area contributed by atoms with Crippen LogP contribution < -0.4 is 14.6 Å². The Morgan fingerprint density at radius 1 is 1.38 bits per heavy atom. The summed E-state index contributed by atoms with van der Waals surface area (Å²) in [5.41, 5.74) is 1.54. The Morgan fingerprint density at radius 3 is 3.10 bits per heavy atom. The van der Waals surface area contributed by atoms with Gasteiger partial charge in [0.15, 0.2) is 5.13 Å². The Kier molecular flexibility index (Phi) is 4.51. The Balaban J connectivity index is 1.24. The standard InChI is InChI=1S/C20H25N7OS/c1-14-9-17(24-18-21-5-8-27(14)18)26-7-4-20(13-26)3-6-25(12-20)11-16-10-22-19(29-16)23-15(2)28/h5,8-10H,3-4,6-7,11-13H2,1-2H3,(H,22,23,28)/p+1/t20-/m0/s1. The van der Waals surface area contributed by atoms with Crippen molar-refractivity contribution >= 4 is 34.0 Å². The maximum atomic E-state index is 11.2. The third-order valence-corrected chi connectivity index (χ3v) is 7.00. The van der Waals surface area contributed by atoms with Crippen LogP contribution in [0.4, 0.5) is 10.9 Å². The molecule has 3 aromatic heterocycles. The highest BCUT2D eigenvalue weighted by Gasteiger charge is 2.44. The molecule has 2 aliphatic rings. The number of anilines is 2. The first kappa shape index (κ1) is 18.5. The van der Waals surface area contributed by atoms with Crippen molar-refractivity contribution < 1.29 is 9.20 Å². The average Bonchev–Trinajstić information content (AvgIpc) is 3.44. The van der Waals surface area contributed by atoms with E-state index in [1.807, 2.05) is 18.6 Å². The molecule has 0 unspecified atom stereocenters. The number of carbonyl (C=O) groups is 1. The van der Waals surface area contributed by atoms with Crippen LogP contribution >= 0.6 is 11.3 Å². The monoisotopic (exact) mass is 412 g/mol. The van der Waals surface area contributed by atoms with E-state index in [4.69, 9.17) is 4.98 Å². The SMILES string of the molecule is CC(=O)Nc1ncc(CN2CC[C@]3(CCN(c4cc(C)[n+]5cc[nH]c5n4)C3)C2)s1. The molecule has 0 radical (unpaired) electrons. The van der Waals surface area contributed by atoms with E-state index in [1.54, 1.807) is 11.3 Å². The van der Waals surface area contributed by atoms with Crippen molar-refractivity contribution in [3.05, 3.63) is 35.2 Å². The summed E-state index contributed by atoms with van der Waals surface area (Å²) in [6.45, 7) is 8.88. The molecule has 152 valence electrons. The number of likely N-dealkylation sites (tertiary alicyclic amines) is 1. The lowest BCUT2D eigenvalue weighted by atomic mass is 9.86. The molecule has 29 heavy (non-hydrogen) atoms. The normalized spacial score (nSPS) is 22.2. The maximum absolute atomic E-state index is 11.2. The van der Waals surface area contributed by atoms with Crippen LogP contribution in [-0.2, 0) is 11.3 Å². The molecule has 9 heteroatoms. The van der Waals surface area contributed by atoms with E-state index in [2.05, 4.69) is 42.5 Å². The first-order valence-electron chi connectivity index (χ1n) is 10.1. The highest BCUT2D eigenvalue weighted by Crippen LogP contribution is 2.41. The topological polar surface area (TPSA) is 81.3 Å². The van der Waals surface area contributed by atoms with Gasteiger partial charge in [0.2, 0.25) is 11.7 Å². The third kappa shape index (κ3) is 3.60. The Morgan fingerprint density at radius 2 is 2.24 bits per heavy atom. The van der Waals surface area contributed by atoms with Gasteiger partial charge in [-0.15, -0.1) is 11.3 Å². The van der Waals surface area contributed by atoms with Crippen molar-refractivity contribution in [1.82, 2.24) is 19.9 Å². The van der Waals surface area contributed by atoms with Crippen LogP contribution in [0.25, 0.3) is 5.78 Å². The summed E-state index contributed by atoms with van der Waals surface area (Å²) in [5.74, 6) is 1.90. The molecule has 1 spiro atoms. The smallest absolute Gasteiger partial charge is 0.342 e. The number of nitrogens with one attached hydrogen (secondary N) is 2. The summed E-state index contributed by atoms with van der Waals surface area (Å²) in [5, 5.41) is 3.46. The van der Waals surface area contributed by atoms with Gasteiger partial charge in [0.25, 0.3) is 0 Å². The lowest BCUT2D eigenvalue weighted by Gasteiger charge is -2.24. The van der Waals surface area contributed by atoms with Gasteiger partial charge in [0.1, 0.15) is 6.20 Å². The number of carbonyl (C=O) groups excluding carboxylic acids is 1. The molecule has 0 saturated carbocycles. The average molecular weight is 413 g/mol. The first-order valence-corrected chi connectivity index (χ1v) is 10.9. The number of amides is 1. The Bertz CT molecular complexity index is 1060. The molecule has 5 rings (SSSR count). The fraction of sp³-hybridized carbons (Fsp3) is 0.500. The number of aryl methyl sites for hydroxylation is 1. The number of fused-ring (bicyclic) bond motifs is 1. The first-order chi connectivity index (χ1) is 14.0. The highest BCUT2D eigenvalue weighted by atomic mass is 32.1. The molecule has 2 saturated heterocycles. The van der Waals surface area contributed by atoms with Crippen LogP contribution in [-0.4, -0.2) is 51.9 Å². The highest BCUT2D eigenvalue weighted by molar-refractivity contribution is 7.15. The van der Waals surface area contributed by atoms with Crippen LogP contribution in [0.1, 0.15) is 30.3 Å². The van der Waals surface area contributed by atoms with Crippen molar-refractivity contribution in [3.63, 3.8) is 0 Å². The molecule has 2 N–H and O–H groups in total. The van der Waals surface area contributed by atoms with Crippen molar-refractivity contribution in [2.24, 2.45) is 5.41 Å². The molecule has 0 aliphatic carbocycles. The molecule has 1 atom stereocenters. The van der Waals surface area contributed by atoms with Gasteiger partial charge in [-0.1, -0.05) is 4.98 Å². The van der Waals surface area contributed by atoms with Gasteiger partial charge >= 0.3 is 5.78 Å². The minimum Gasteiger partial charge on any atom is -0.342 e. The largest absolute Gasteiger partial charge is 0.403 e. The van der Waals surface area contributed by atoms with E-state index >= 15 is 0 Å². The zero-order valence-electron chi connectivity index (χ0n) is 16.8. The number of aromatic amines is 1. The number of rotatable bonds is 4. The number of nitrogens with zero attached hydrogens (tertiary/aromatic N) is 5. The summed E-state index contributed by atoms with van der Waals surface area (Å²) < 4.78 is 2.08. The minimum absolute atomic E-state index is 0.0724. The molecule has 1 amide bonds. The number of aromatic nitrogens is 4. The van der Waals surface area contributed by atoms with E-state index in [-0.39, 0.29) is 5.91 Å². The van der Waals surface area contributed by atoms with Crippen molar-refractivity contribution in [2.45, 2.75) is 33.2 Å². The Hall–Kier alpha value is -2.52. The molecule has 0 bridgehead atoms. The maximum Gasteiger partial charge on any atom is 0.403 e.